The minimum Gasteiger partial charge on any atom is -0.477 e. The van der Waals surface area contributed by atoms with Crippen molar-refractivity contribution in [2.45, 2.75) is 17.1 Å². The first kappa shape index (κ1) is 14.4. The van der Waals surface area contributed by atoms with Crippen molar-refractivity contribution in [2.75, 3.05) is 26.3 Å². The molecule has 1 aromatic rings. The van der Waals surface area contributed by atoms with E-state index >= 15 is 0 Å². The van der Waals surface area contributed by atoms with Gasteiger partial charge >= 0.3 is 5.97 Å². The molecule has 1 saturated heterocycles. The Morgan fingerprint density at radius 3 is 2.74 bits per heavy atom. The summed E-state index contributed by atoms with van der Waals surface area (Å²) in [6, 6.07) is 1.61. The molecule has 0 bridgehead atoms. The van der Waals surface area contributed by atoms with Crippen molar-refractivity contribution < 1.29 is 19.4 Å². The Bertz CT molecular complexity index is 468. The van der Waals surface area contributed by atoms with Crippen molar-refractivity contribution in [3.8, 4) is 0 Å². The average molecular weight is 301 g/mol. The molecule has 1 aliphatic rings. The molecular formula is C12H15NO4S2. The molecule has 7 heteroatoms. The van der Waals surface area contributed by atoms with Crippen LogP contribution in [-0.4, -0.2) is 53.4 Å². The van der Waals surface area contributed by atoms with Gasteiger partial charge in [-0.3, -0.25) is 4.79 Å². The number of thiophene rings is 1. The molecule has 1 unspecified atom stereocenters. The fourth-order valence-electron chi connectivity index (χ4n) is 1.79. The van der Waals surface area contributed by atoms with Crippen molar-refractivity contribution in [3.63, 3.8) is 0 Å². The van der Waals surface area contributed by atoms with Crippen LogP contribution in [0.3, 0.4) is 0 Å². The van der Waals surface area contributed by atoms with Crippen LogP contribution >= 0.6 is 23.1 Å². The smallest absolute Gasteiger partial charge is 0.345 e. The first-order valence-electron chi connectivity index (χ1n) is 5.93. The molecule has 2 rings (SSSR count). The lowest BCUT2D eigenvalue weighted by atomic mass is 10.3. The Morgan fingerprint density at radius 2 is 2.16 bits per heavy atom. The first-order valence-corrected chi connectivity index (χ1v) is 7.69. The van der Waals surface area contributed by atoms with Crippen LogP contribution in [0.2, 0.25) is 0 Å². The number of carboxylic acid groups (broad SMARTS) is 1. The molecule has 0 radical (unpaired) electrons. The summed E-state index contributed by atoms with van der Waals surface area (Å²) in [4.78, 5) is 25.9. The number of hydrogen-bond acceptors (Lipinski definition) is 5. The molecule has 1 amide bonds. The summed E-state index contributed by atoms with van der Waals surface area (Å²) < 4.78 is 5.21. The molecule has 1 atom stereocenters. The normalized spacial score (nSPS) is 17.2. The maximum absolute atomic E-state index is 12.2. The van der Waals surface area contributed by atoms with Gasteiger partial charge in [-0.15, -0.1) is 23.1 Å². The van der Waals surface area contributed by atoms with Crippen LogP contribution in [-0.2, 0) is 9.53 Å². The van der Waals surface area contributed by atoms with Crippen LogP contribution in [0.25, 0.3) is 0 Å². The van der Waals surface area contributed by atoms with Gasteiger partial charge < -0.3 is 14.7 Å². The summed E-state index contributed by atoms with van der Waals surface area (Å²) >= 11 is 2.58. The van der Waals surface area contributed by atoms with Gasteiger partial charge in [-0.25, -0.2) is 4.79 Å². The number of rotatable bonds is 4. The van der Waals surface area contributed by atoms with E-state index in [1.165, 1.54) is 23.1 Å². The Morgan fingerprint density at radius 1 is 1.47 bits per heavy atom. The molecule has 0 aliphatic carbocycles. The second-order valence-corrected chi connectivity index (χ2v) is 6.47. The summed E-state index contributed by atoms with van der Waals surface area (Å²) in [5, 5.41) is 10.4. The second kappa shape index (κ2) is 6.40. The maximum Gasteiger partial charge on any atom is 0.345 e. The number of thioether (sulfide) groups is 1. The van der Waals surface area contributed by atoms with Gasteiger partial charge in [-0.05, 0) is 13.0 Å². The summed E-state index contributed by atoms with van der Waals surface area (Å²) in [5.41, 5.74) is 0. The van der Waals surface area contributed by atoms with Gasteiger partial charge in [-0.1, -0.05) is 0 Å². The zero-order valence-electron chi connectivity index (χ0n) is 10.5. The lowest BCUT2D eigenvalue weighted by Crippen LogP contribution is -2.44. The molecular weight excluding hydrogens is 286 g/mol. The molecule has 1 aromatic heterocycles. The van der Waals surface area contributed by atoms with Gasteiger partial charge in [0, 0.05) is 23.4 Å². The third kappa shape index (κ3) is 3.71. The minimum atomic E-state index is -0.927. The van der Waals surface area contributed by atoms with Crippen LogP contribution in [0.4, 0.5) is 0 Å². The topological polar surface area (TPSA) is 66.8 Å². The zero-order valence-corrected chi connectivity index (χ0v) is 12.1. The van der Waals surface area contributed by atoms with Gasteiger partial charge in [0.05, 0.1) is 18.5 Å². The maximum atomic E-state index is 12.2. The number of amides is 1. The predicted octanol–water partition coefficient (Wildman–Crippen LogP) is 1.79. The number of carboxylic acids is 1. The van der Waals surface area contributed by atoms with E-state index in [0.717, 1.165) is 4.90 Å². The predicted molar refractivity (Wildman–Crippen MR) is 74.0 cm³/mol. The summed E-state index contributed by atoms with van der Waals surface area (Å²) in [7, 11) is 0. The molecule has 19 heavy (non-hydrogen) atoms. The zero-order chi connectivity index (χ0) is 13.8. The first-order chi connectivity index (χ1) is 9.08. The highest BCUT2D eigenvalue weighted by Gasteiger charge is 2.23. The van der Waals surface area contributed by atoms with E-state index in [1.807, 2.05) is 6.92 Å². The van der Waals surface area contributed by atoms with E-state index in [2.05, 4.69) is 0 Å². The van der Waals surface area contributed by atoms with Crippen LogP contribution in [0.1, 0.15) is 16.6 Å². The van der Waals surface area contributed by atoms with Crippen LogP contribution in [0, 0.1) is 0 Å². The molecule has 5 nitrogen and oxygen atoms in total. The summed E-state index contributed by atoms with van der Waals surface area (Å²) in [6.45, 7) is 4.29. The van der Waals surface area contributed by atoms with Crippen molar-refractivity contribution in [1.82, 2.24) is 4.90 Å². The van der Waals surface area contributed by atoms with Crippen LogP contribution in [0.15, 0.2) is 16.3 Å². The lowest BCUT2D eigenvalue weighted by Gasteiger charge is -2.28. The SMILES string of the molecule is CC(Sc1csc(C(=O)O)c1)C(=O)N1CCOCC1. The van der Waals surface area contributed by atoms with Crippen molar-refractivity contribution >= 4 is 35.0 Å². The molecule has 2 heterocycles. The Hall–Kier alpha value is -1.05. The standard InChI is InChI=1S/C12H15NO4S2/c1-8(11(14)13-2-4-17-5-3-13)19-9-6-10(12(15)16)18-7-9/h6-8H,2-5H2,1H3,(H,15,16). The summed E-state index contributed by atoms with van der Waals surface area (Å²) in [5.74, 6) is -0.847. The highest BCUT2D eigenvalue weighted by atomic mass is 32.2. The van der Waals surface area contributed by atoms with Gasteiger partial charge in [0.15, 0.2) is 0 Å². The third-order valence-electron chi connectivity index (χ3n) is 2.77. The lowest BCUT2D eigenvalue weighted by molar-refractivity contribution is -0.134. The largest absolute Gasteiger partial charge is 0.477 e. The van der Waals surface area contributed by atoms with E-state index in [9.17, 15) is 9.59 Å². The Balaban J connectivity index is 1.93. The fraction of sp³-hybridized carbons (Fsp3) is 0.500. The molecule has 1 N–H and O–H groups in total. The number of ether oxygens (including phenoxy) is 1. The van der Waals surface area contributed by atoms with Crippen molar-refractivity contribution in [1.29, 1.82) is 0 Å². The number of carbonyl (C=O) groups is 2. The highest BCUT2D eigenvalue weighted by molar-refractivity contribution is 8.00. The quantitative estimate of drug-likeness (QED) is 0.859. The number of carbonyl (C=O) groups excluding carboxylic acids is 1. The number of morpholine rings is 1. The van der Waals surface area contributed by atoms with E-state index in [-0.39, 0.29) is 11.2 Å². The van der Waals surface area contributed by atoms with Crippen molar-refractivity contribution in [2.24, 2.45) is 0 Å². The Kier molecular flexibility index (Phi) is 4.84. The van der Waals surface area contributed by atoms with Gasteiger partial charge in [0.2, 0.25) is 5.91 Å². The van der Waals surface area contributed by atoms with Gasteiger partial charge in [0.1, 0.15) is 4.88 Å². The van der Waals surface area contributed by atoms with Gasteiger partial charge in [-0.2, -0.15) is 0 Å². The number of nitrogens with zero attached hydrogens (tertiary/aromatic N) is 1. The minimum absolute atomic E-state index is 0.0800. The van der Waals surface area contributed by atoms with Crippen LogP contribution < -0.4 is 0 Å². The fourth-order valence-corrected chi connectivity index (χ4v) is 3.68. The second-order valence-electron chi connectivity index (χ2n) is 4.15. The van der Waals surface area contributed by atoms with E-state index in [1.54, 1.807) is 16.3 Å². The van der Waals surface area contributed by atoms with Crippen LogP contribution in [0.5, 0.6) is 0 Å². The highest BCUT2D eigenvalue weighted by Crippen LogP contribution is 2.29. The molecule has 0 saturated carbocycles. The van der Waals surface area contributed by atoms with E-state index in [0.29, 0.717) is 31.2 Å². The molecule has 1 fully saturated rings. The summed E-state index contributed by atoms with van der Waals surface area (Å²) in [6.07, 6.45) is 0. The molecule has 104 valence electrons. The molecule has 0 aromatic carbocycles. The van der Waals surface area contributed by atoms with E-state index in [4.69, 9.17) is 9.84 Å². The monoisotopic (exact) mass is 301 g/mol. The third-order valence-corrected chi connectivity index (χ3v) is 4.90. The molecule has 0 spiro atoms. The van der Waals surface area contributed by atoms with Crippen molar-refractivity contribution in [3.05, 3.63) is 16.3 Å². The number of aromatic carboxylic acids is 1. The molecule has 1 aliphatic heterocycles. The van der Waals surface area contributed by atoms with E-state index < -0.39 is 5.97 Å². The number of hydrogen-bond donors (Lipinski definition) is 1. The van der Waals surface area contributed by atoms with Gasteiger partial charge in [0.25, 0.3) is 0 Å². The Labute approximate surface area is 119 Å². The average Bonchev–Trinajstić information content (AvgIpc) is 2.87.